The average Bonchev–Trinajstić information content (AvgIpc) is 2.33. The average molecular weight is 249 g/mol. The van der Waals surface area contributed by atoms with Gasteiger partial charge in [0.2, 0.25) is 0 Å². The molecule has 0 bridgehead atoms. The lowest BCUT2D eigenvalue weighted by atomic mass is 10.3. The van der Waals surface area contributed by atoms with E-state index in [0.717, 1.165) is 0 Å². The van der Waals surface area contributed by atoms with Crippen LogP contribution in [0, 0.1) is 0 Å². The minimum absolute atomic E-state index is 0.427. The van der Waals surface area contributed by atoms with Gasteiger partial charge in [-0.05, 0) is 36.4 Å². The van der Waals surface area contributed by atoms with Crippen molar-refractivity contribution in [3.8, 4) is 5.75 Å². The van der Waals surface area contributed by atoms with Crippen molar-refractivity contribution < 1.29 is 9.53 Å². The lowest BCUT2D eigenvalue weighted by molar-refractivity contribution is 0.215. The molecule has 0 atom stereocenters. The Morgan fingerprint density at radius 3 is 2.65 bits per heavy atom. The maximum Gasteiger partial charge on any atom is 0.417 e. The van der Waals surface area contributed by atoms with E-state index < -0.39 is 6.09 Å². The lowest BCUT2D eigenvalue weighted by Crippen LogP contribution is -2.16. The van der Waals surface area contributed by atoms with E-state index in [0.29, 0.717) is 16.5 Å². The second-order valence-electron chi connectivity index (χ2n) is 3.21. The fourth-order valence-electron chi connectivity index (χ4n) is 1.19. The summed E-state index contributed by atoms with van der Waals surface area (Å²) in [6.07, 6.45) is 2.58. The van der Waals surface area contributed by atoms with Crippen LogP contribution in [-0.2, 0) is 0 Å². The molecule has 5 heteroatoms. The number of rotatable bonds is 2. The van der Waals surface area contributed by atoms with Crippen molar-refractivity contribution in [2.75, 3.05) is 5.32 Å². The fraction of sp³-hybridized carbons (Fsp3) is 0. The molecule has 0 spiro atoms. The number of ether oxygens (including phenoxy) is 1. The summed E-state index contributed by atoms with van der Waals surface area (Å²) in [5, 5.41) is 3.14. The van der Waals surface area contributed by atoms with Crippen molar-refractivity contribution in [1.29, 1.82) is 0 Å². The molecule has 1 heterocycles. The minimum atomic E-state index is -0.569. The molecule has 17 heavy (non-hydrogen) atoms. The molecule has 2 aromatic rings. The number of nitrogens with zero attached hydrogens (tertiary/aromatic N) is 1. The van der Waals surface area contributed by atoms with Crippen LogP contribution in [-0.4, -0.2) is 11.1 Å². The van der Waals surface area contributed by atoms with Crippen LogP contribution in [0.5, 0.6) is 5.75 Å². The summed E-state index contributed by atoms with van der Waals surface area (Å²) in [5.41, 5.74) is 0.575. The van der Waals surface area contributed by atoms with Crippen LogP contribution >= 0.6 is 11.6 Å². The molecular formula is C12H9ClN2O2. The predicted molar refractivity (Wildman–Crippen MR) is 65.3 cm³/mol. The summed E-state index contributed by atoms with van der Waals surface area (Å²) >= 11 is 5.71. The van der Waals surface area contributed by atoms with Gasteiger partial charge in [0.1, 0.15) is 5.75 Å². The van der Waals surface area contributed by atoms with Crippen LogP contribution < -0.4 is 10.1 Å². The molecule has 0 fully saturated rings. The van der Waals surface area contributed by atoms with E-state index in [1.165, 1.54) is 6.20 Å². The topological polar surface area (TPSA) is 51.2 Å². The quantitative estimate of drug-likeness (QED) is 0.887. The lowest BCUT2D eigenvalue weighted by Gasteiger charge is -2.05. The van der Waals surface area contributed by atoms with Crippen molar-refractivity contribution >= 4 is 23.4 Å². The van der Waals surface area contributed by atoms with Gasteiger partial charge in [-0.2, -0.15) is 0 Å². The normalized spacial score (nSPS) is 9.71. The third-order valence-corrected chi connectivity index (χ3v) is 2.18. The van der Waals surface area contributed by atoms with Crippen LogP contribution in [0.15, 0.2) is 48.8 Å². The highest BCUT2D eigenvalue weighted by molar-refractivity contribution is 6.30. The van der Waals surface area contributed by atoms with Gasteiger partial charge in [-0.15, -0.1) is 0 Å². The zero-order valence-corrected chi connectivity index (χ0v) is 9.52. The molecule has 0 saturated heterocycles. The Kier molecular flexibility index (Phi) is 3.57. The number of benzene rings is 1. The number of nitrogens with one attached hydrogen (secondary N) is 1. The van der Waals surface area contributed by atoms with Gasteiger partial charge in [-0.3, -0.25) is 10.3 Å². The molecule has 0 aliphatic heterocycles. The van der Waals surface area contributed by atoms with Crippen molar-refractivity contribution in [3.05, 3.63) is 53.8 Å². The first kappa shape index (κ1) is 11.4. The summed E-state index contributed by atoms with van der Waals surface area (Å²) in [4.78, 5) is 15.3. The first-order valence-corrected chi connectivity index (χ1v) is 5.26. The minimum Gasteiger partial charge on any atom is -0.410 e. The number of pyridine rings is 1. The molecule has 0 aliphatic rings. The Hall–Kier alpha value is -2.07. The summed E-state index contributed by atoms with van der Waals surface area (Å²) < 4.78 is 5.04. The molecule has 0 aliphatic carbocycles. The second-order valence-corrected chi connectivity index (χ2v) is 3.65. The van der Waals surface area contributed by atoms with Gasteiger partial charge in [0.25, 0.3) is 0 Å². The largest absolute Gasteiger partial charge is 0.417 e. The maximum atomic E-state index is 11.5. The van der Waals surface area contributed by atoms with Crippen LogP contribution in [0.4, 0.5) is 10.5 Å². The molecule has 0 unspecified atom stereocenters. The summed E-state index contributed by atoms with van der Waals surface area (Å²) in [5.74, 6) is 0.427. The van der Waals surface area contributed by atoms with Gasteiger partial charge < -0.3 is 4.74 Å². The Morgan fingerprint density at radius 2 is 2.00 bits per heavy atom. The molecule has 0 saturated carbocycles. The molecule has 1 N–H and O–H groups in total. The van der Waals surface area contributed by atoms with Gasteiger partial charge in [0, 0.05) is 11.2 Å². The fourth-order valence-corrected chi connectivity index (χ4v) is 1.32. The number of aromatic nitrogens is 1. The van der Waals surface area contributed by atoms with E-state index in [1.807, 2.05) is 0 Å². The van der Waals surface area contributed by atoms with Crippen molar-refractivity contribution in [2.45, 2.75) is 0 Å². The highest BCUT2D eigenvalue weighted by Gasteiger charge is 2.04. The van der Waals surface area contributed by atoms with Gasteiger partial charge in [0.15, 0.2) is 0 Å². The number of carbonyl (C=O) groups excluding carboxylic acids is 1. The van der Waals surface area contributed by atoms with Gasteiger partial charge in [-0.1, -0.05) is 11.6 Å². The summed E-state index contributed by atoms with van der Waals surface area (Å²) in [7, 11) is 0. The van der Waals surface area contributed by atoms with Crippen molar-refractivity contribution in [1.82, 2.24) is 4.98 Å². The standard InChI is InChI=1S/C12H9ClN2O2/c13-9-3-5-11(6-4-9)17-12(16)15-10-2-1-7-14-8-10/h1-8H,(H,15,16). The Bertz CT molecular complexity index is 500. The molecule has 1 aromatic heterocycles. The van der Waals surface area contributed by atoms with E-state index in [-0.39, 0.29) is 0 Å². The smallest absolute Gasteiger partial charge is 0.410 e. The monoisotopic (exact) mass is 248 g/mol. The number of carbonyl (C=O) groups is 1. The zero-order valence-electron chi connectivity index (χ0n) is 8.76. The van der Waals surface area contributed by atoms with E-state index >= 15 is 0 Å². The molecule has 4 nitrogen and oxygen atoms in total. The molecule has 1 aromatic carbocycles. The number of hydrogen-bond acceptors (Lipinski definition) is 3. The van der Waals surface area contributed by atoms with E-state index in [1.54, 1.807) is 42.6 Å². The maximum absolute atomic E-state index is 11.5. The molecule has 1 amide bonds. The molecular weight excluding hydrogens is 240 g/mol. The number of hydrogen-bond donors (Lipinski definition) is 1. The first-order chi connectivity index (χ1) is 8.24. The first-order valence-electron chi connectivity index (χ1n) is 4.88. The van der Waals surface area contributed by atoms with Crippen molar-refractivity contribution in [3.63, 3.8) is 0 Å². The Labute approximate surface area is 103 Å². The van der Waals surface area contributed by atoms with E-state index in [2.05, 4.69) is 10.3 Å². The Balaban J connectivity index is 1.96. The van der Waals surface area contributed by atoms with Crippen LogP contribution in [0.2, 0.25) is 5.02 Å². The number of anilines is 1. The van der Waals surface area contributed by atoms with Crippen molar-refractivity contribution in [2.24, 2.45) is 0 Å². The summed E-state index contributed by atoms with van der Waals surface area (Å²) in [6.45, 7) is 0. The Morgan fingerprint density at radius 1 is 1.24 bits per heavy atom. The number of halogens is 1. The highest BCUT2D eigenvalue weighted by Crippen LogP contribution is 2.16. The van der Waals surface area contributed by atoms with Gasteiger partial charge in [0.05, 0.1) is 11.9 Å². The third-order valence-electron chi connectivity index (χ3n) is 1.93. The van der Waals surface area contributed by atoms with Gasteiger partial charge in [-0.25, -0.2) is 4.79 Å². The van der Waals surface area contributed by atoms with Crippen LogP contribution in [0.25, 0.3) is 0 Å². The predicted octanol–water partition coefficient (Wildman–Crippen LogP) is 3.35. The van der Waals surface area contributed by atoms with E-state index in [4.69, 9.17) is 16.3 Å². The third kappa shape index (κ3) is 3.46. The second kappa shape index (κ2) is 5.32. The molecule has 0 radical (unpaired) electrons. The summed E-state index contributed by atoms with van der Waals surface area (Å²) in [6, 6.07) is 9.97. The zero-order chi connectivity index (χ0) is 12.1. The van der Waals surface area contributed by atoms with E-state index in [9.17, 15) is 4.79 Å². The highest BCUT2D eigenvalue weighted by atomic mass is 35.5. The molecule has 2 rings (SSSR count). The molecule has 86 valence electrons. The van der Waals surface area contributed by atoms with Gasteiger partial charge >= 0.3 is 6.09 Å². The SMILES string of the molecule is O=C(Nc1cccnc1)Oc1ccc(Cl)cc1. The van der Waals surface area contributed by atoms with Crippen LogP contribution in [0.3, 0.4) is 0 Å². The van der Waals surface area contributed by atoms with Crippen LogP contribution in [0.1, 0.15) is 0 Å². The number of amides is 1.